The fourth-order valence-electron chi connectivity index (χ4n) is 3.28. The lowest BCUT2D eigenvalue weighted by atomic mass is 9.93. The van der Waals surface area contributed by atoms with Crippen molar-refractivity contribution in [2.75, 3.05) is 26.2 Å². The number of carboxylic acid groups (broad SMARTS) is 1. The Balaban J connectivity index is 1.55. The Morgan fingerprint density at radius 1 is 1.48 bits per heavy atom. The number of aliphatic carboxylic acids is 1. The van der Waals surface area contributed by atoms with Crippen LogP contribution in [0.5, 0.6) is 0 Å². The highest BCUT2D eigenvalue weighted by Gasteiger charge is 2.35. The van der Waals surface area contributed by atoms with Gasteiger partial charge in [-0.25, -0.2) is 4.79 Å². The van der Waals surface area contributed by atoms with E-state index >= 15 is 0 Å². The molecule has 0 aromatic carbocycles. The summed E-state index contributed by atoms with van der Waals surface area (Å²) in [5.74, 6) is -1.09. The van der Waals surface area contributed by atoms with E-state index in [1.54, 1.807) is 16.2 Å². The number of ether oxygens (including phenoxy) is 1. The molecule has 126 valence electrons. The van der Waals surface area contributed by atoms with Crippen LogP contribution in [0.2, 0.25) is 0 Å². The Kier molecular flexibility index (Phi) is 4.59. The number of piperidine rings is 1. The van der Waals surface area contributed by atoms with Gasteiger partial charge in [-0.1, -0.05) is 0 Å². The summed E-state index contributed by atoms with van der Waals surface area (Å²) < 4.78 is 5.93. The van der Waals surface area contributed by atoms with Crippen LogP contribution in [0.4, 0.5) is 4.79 Å². The van der Waals surface area contributed by atoms with Gasteiger partial charge in [-0.2, -0.15) is 0 Å². The third-order valence-electron chi connectivity index (χ3n) is 4.77. The smallest absolute Gasteiger partial charge is 0.317 e. The molecule has 0 aliphatic carbocycles. The van der Waals surface area contributed by atoms with Crippen molar-refractivity contribution in [1.82, 2.24) is 10.2 Å². The van der Waals surface area contributed by atoms with Gasteiger partial charge in [0.1, 0.15) is 5.60 Å². The lowest BCUT2D eigenvalue weighted by Gasteiger charge is -2.36. The molecule has 1 fully saturated rings. The van der Waals surface area contributed by atoms with Gasteiger partial charge in [0.15, 0.2) is 0 Å². The molecule has 6 nitrogen and oxygen atoms in total. The van der Waals surface area contributed by atoms with Crippen LogP contribution in [-0.4, -0.2) is 48.2 Å². The van der Waals surface area contributed by atoms with Crippen molar-refractivity contribution < 1.29 is 19.4 Å². The average Bonchev–Trinajstić information content (AvgIpc) is 3.03. The first-order valence-corrected chi connectivity index (χ1v) is 8.84. The molecule has 3 rings (SSSR count). The lowest BCUT2D eigenvalue weighted by molar-refractivity contribution is -0.143. The highest BCUT2D eigenvalue weighted by Crippen LogP contribution is 2.35. The number of carbonyl (C=O) groups is 2. The maximum Gasteiger partial charge on any atom is 0.317 e. The van der Waals surface area contributed by atoms with E-state index in [1.807, 2.05) is 6.92 Å². The zero-order chi connectivity index (χ0) is 16.4. The molecule has 1 saturated heterocycles. The molecule has 1 aromatic rings. The van der Waals surface area contributed by atoms with E-state index in [1.165, 1.54) is 10.4 Å². The second-order valence-corrected chi connectivity index (χ2v) is 7.35. The van der Waals surface area contributed by atoms with Gasteiger partial charge in [0.05, 0.1) is 19.1 Å². The molecule has 1 unspecified atom stereocenters. The average molecular weight is 338 g/mol. The number of amides is 2. The normalized spacial score (nSPS) is 25.0. The third-order valence-corrected chi connectivity index (χ3v) is 5.75. The molecule has 2 N–H and O–H groups in total. The van der Waals surface area contributed by atoms with E-state index in [4.69, 9.17) is 9.84 Å². The van der Waals surface area contributed by atoms with Gasteiger partial charge in [0, 0.05) is 24.4 Å². The molecule has 1 aromatic heterocycles. The highest BCUT2D eigenvalue weighted by molar-refractivity contribution is 7.10. The van der Waals surface area contributed by atoms with Gasteiger partial charge in [0.2, 0.25) is 0 Å². The Morgan fingerprint density at radius 3 is 2.91 bits per heavy atom. The minimum atomic E-state index is -0.766. The third kappa shape index (κ3) is 3.35. The molecule has 2 aliphatic heterocycles. The first-order chi connectivity index (χ1) is 11.0. The fourth-order valence-corrected chi connectivity index (χ4v) is 4.26. The first kappa shape index (κ1) is 16.3. The van der Waals surface area contributed by atoms with E-state index in [-0.39, 0.29) is 11.9 Å². The van der Waals surface area contributed by atoms with Crippen LogP contribution < -0.4 is 5.32 Å². The molecule has 0 bridgehead atoms. The number of carboxylic acids is 1. The van der Waals surface area contributed by atoms with E-state index < -0.39 is 11.6 Å². The number of nitrogens with zero attached hydrogens (tertiary/aromatic N) is 1. The number of thiophene rings is 1. The molecule has 23 heavy (non-hydrogen) atoms. The van der Waals surface area contributed by atoms with Crippen molar-refractivity contribution >= 4 is 23.3 Å². The molecule has 3 heterocycles. The largest absolute Gasteiger partial charge is 0.481 e. The Bertz CT molecular complexity index is 595. The van der Waals surface area contributed by atoms with Gasteiger partial charge in [0.25, 0.3) is 0 Å². The minimum Gasteiger partial charge on any atom is -0.481 e. The molecular weight excluding hydrogens is 316 g/mol. The predicted octanol–water partition coefficient (Wildman–Crippen LogP) is 2.04. The molecule has 0 spiro atoms. The van der Waals surface area contributed by atoms with Crippen molar-refractivity contribution in [2.24, 2.45) is 5.92 Å². The molecule has 1 atom stereocenters. The Labute approximate surface area is 139 Å². The van der Waals surface area contributed by atoms with E-state index in [9.17, 15) is 9.59 Å². The molecule has 7 heteroatoms. The summed E-state index contributed by atoms with van der Waals surface area (Å²) in [7, 11) is 0. The van der Waals surface area contributed by atoms with Gasteiger partial charge in [-0.3, -0.25) is 4.79 Å². The SMILES string of the molecule is CC1(CNC(=O)N2CCC(C(=O)O)CC2)OCCc2sccc21. The summed E-state index contributed by atoms with van der Waals surface area (Å²) in [5.41, 5.74) is 0.682. The second-order valence-electron chi connectivity index (χ2n) is 6.35. The van der Waals surface area contributed by atoms with Crippen molar-refractivity contribution in [3.8, 4) is 0 Å². The molecule has 2 aliphatic rings. The van der Waals surface area contributed by atoms with Gasteiger partial charge in [-0.05, 0) is 36.8 Å². The van der Waals surface area contributed by atoms with Crippen molar-refractivity contribution in [2.45, 2.75) is 31.8 Å². The number of likely N-dealkylation sites (tertiary alicyclic amines) is 1. The number of carbonyl (C=O) groups excluding carboxylic acids is 1. The molecule has 0 radical (unpaired) electrons. The van der Waals surface area contributed by atoms with E-state index in [2.05, 4.69) is 16.8 Å². The number of hydrogen-bond donors (Lipinski definition) is 2. The Morgan fingerprint density at radius 2 is 2.22 bits per heavy atom. The molecule has 0 saturated carbocycles. The summed E-state index contributed by atoms with van der Waals surface area (Å²) in [6.45, 7) is 4.08. The summed E-state index contributed by atoms with van der Waals surface area (Å²) in [6.07, 6.45) is 1.97. The second kappa shape index (κ2) is 6.49. The number of nitrogens with one attached hydrogen (secondary N) is 1. The fraction of sp³-hybridized carbons (Fsp3) is 0.625. The molecule has 2 amide bonds. The highest BCUT2D eigenvalue weighted by atomic mass is 32.1. The summed E-state index contributed by atoms with van der Waals surface area (Å²) in [5, 5.41) is 14.0. The minimum absolute atomic E-state index is 0.138. The van der Waals surface area contributed by atoms with Crippen LogP contribution in [0, 0.1) is 5.92 Å². The Hall–Kier alpha value is -1.60. The van der Waals surface area contributed by atoms with Crippen molar-refractivity contribution in [3.05, 3.63) is 21.9 Å². The van der Waals surface area contributed by atoms with Crippen LogP contribution >= 0.6 is 11.3 Å². The number of fused-ring (bicyclic) bond motifs is 1. The zero-order valence-corrected chi connectivity index (χ0v) is 14.0. The summed E-state index contributed by atoms with van der Waals surface area (Å²) in [4.78, 5) is 26.3. The number of rotatable bonds is 3. The molecular formula is C16H22N2O4S. The van der Waals surface area contributed by atoms with Crippen LogP contribution in [0.3, 0.4) is 0 Å². The first-order valence-electron chi connectivity index (χ1n) is 7.96. The van der Waals surface area contributed by atoms with E-state index in [0.717, 1.165) is 6.42 Å². The standard InChI is InChI=1S/C16H22N2O4S/c1-16(12-5-9-23-13(12)4-8-22-16)10-17-15(21)18-6-2-11(3-7-18)14(19)20/h5,9,11H,2-4,6-8,10H2,1H3,(H,17,21)(H,19,20). The quantitative estimate of drug-likeness (QED) is 0.884. The number of urea groups is 1. The predicted molar refractivity (Wildman–Crippen MR) is 86.7 cm³/mol. The van der Waals surface area contributed by atoms with E-state index in [0.29, 0.717) is 39.1 Å². The maximum atomic E-state index is 12.3. The van der Waals surface area contributed by atoms with Crippen LogP contribution in [0.1, 0.15) is 30.2 Å². The van der Waals surface area contributed by atoms with Crippen molar-refractivity contribution in [1.29, 1.82) is 0 Å². The van der Waals surface area contributed by atoms with Gasteiger partial charge >= 0.3 is 12.0 Å². The zero-order valence-electron chi connectivity index (χ0n) is 13.2. The van der Waals surface area contributed by atoms with Crippen molar-refractivity contribution in [3.63, 3.8) is 0 Å². The summed E-state index contributed by atoms with van der Waals surface area (Å²) in [6, 6.07) is 1.94. The van der Waals surface area contributed by atoms with Crippen LogP contribution in [0.15, 0.2) is 11.4 Å². The number of hydrogen-bond acceptors (Lipinski definition) is 4. The topological polar surface area (TPSA) is 78.9 Å². The maximum absolute atomic E-state index is 12.3. The lowest BCUT2D eigenvalue weighted by Crippen LogP contribution is -2.50. The monoisotopic (exact) mass is 338 g/mol. The van der Waals surface area contributed by atoms with Gasteiger partial charge < -0.3 is 20.1 Å². The van der Waals surface area contributed by atoms with Crippen LogP contribution in [-0.2, 0) is 21.6 Å². The van der Waals surface area contributed by atoms with Crippen LogP contribution in [0.25, 0.3) is 0 Å². The summed E-state index contributed by atoms with van der Waals surface area (Å²) >= 11 is 1.73. The van der Waals surface area contributed by atoms with Gasteiger partial charge in [-0.15, -0.1) is 11.3 Å².